The van der Waals surface area contributed by atoms with Crippen LogP contribution in [0.3, 0.4) is 0 Å². The molecule has 2 nitrogen and oxygen atoms in total. The van der Waals surface area contributed by atoms with Crippen molar-refractivity contribution in [1.29, 1.82) is 0 Å². The molecule has 74 valence electrons. The molecule has 1 unspecified atom stereocenters. The first-order valence-corrected chi connectivity index (χ1v) is 3.92. The summed E-state index contributed by atoms with van der Waals surface area (Å²) in [6.45, 7) is 1.60. The Bertz CT molecular complexity index is 116. The molecular formula is C7H14F3NO. The highest BCUT2D eigenvalue weighted by Gasteiger charge is 2.28. The average molecular weight is 185 g/mol. The summed E-state index contributed by atoms with van der Waals surface area (Å²) in [6.07, 6.45) is -2.79. The van der Waals surface area contributed by atoms with Crippen molar-refractivity contribution in [2.75, 3.05) is 6.61 Å². The van der Waals surface area contributed by atoms with Crippen molar-refractivity contribution in [3.05, 3.63) is 0 Å². The van der Waals surface area contributed by atoms with Gasteiger partial charge in [-0.2, -0.15) is 0 Å². The van der Waals surface area contributed by atoms with Gasteiger partial charge in [-0.25, -0.2) is 0 Å². The lowest BCUT2D eigenvalue weighted by atomic mass is 10.1. The number of nitrogens with two attached hydrogens (primary N) is 1. The molecule has 0 saturated carbocycles. The molecule has 0 aromatic rings. The molecule has 5 heteroatoms. The van der Waals surface area contributed by atoms with Crippen LogP contribution in [0.2, 0.25) is 0 Å². The summed E-state index contributed by atoms with van der Waals surface area (Å²) in [6, 6.07) is -0.0122. The molecule has 0 aromatic carbocycles. The van der Waals surface area contributed by atoms with Crippen LogP contribution in [0, 0.1) is 0 Å². The van der Waals surface area contributed by atoms with Crippen LogP contribution in [0.25, 0.3) is 0 Å². The first-order valence-electron chi connectivity index (χ1n) is 3.92. The van der Waals surface area contributed by atoms with Gasteiger partial charge in [0.25, 0.3) is 0 Å². The van der Waals surface area contributed by atoms with Gasteiger partial charge in [0.2, 0.25) is 0 Å². The Hall–Kier alpha value is -0.290. The number of hydrogen-bond donors (Lipinski definition) is 1. The van der Waals surface area contributed by atoms with Crippen LogP contribution in [0.5, 0.6) is 0 Å². The number of rotatable bonds is 5. The minimum Gasteiger partial charge on any atom is -0.328 e. The predicted octanol–water partition coefficient (Wildman–Crippen LogP) is 2.04. The normalized spacial score (nSPS) is 14.8. The monoisotopic (exact) mass is 185 g/mol. The van der Waals surface area contributed by atoms with Crippen molar-refractivity contribution in [1.82, 2.24) is 0 Å². The van der Waals surface area contributed by atoms with Crippen LogP contribution in [0.1, 0.15) is 26.2 Å². The third kappa shape index (κ3) is 7.81. The zero-order chi connectivity index (χ0) is 9.61. The fourth-order valence-electron chi connectivity index (χ4n) is 0.738. The largest absolute Gasteiger partial charge is 0.522 e. The highest BCUT2D eigenvalue weighted by Crippen LogP contribution is 2.16. The van der Waals surface area contributed by atoms with Gasteiger partial charge in [0.15, 0.2) is 0 Å². The van der Waals surface area contributed by atoms with Crippen molar-refractivity contribution in [3.8, 4) is 0 Å². The fourth-order valence-corrected chi connectivity index (χ4v) is 0.738. The van der Waals surface area contributed by atoms with Crippen LogP contribution in [-0.4, -0.2) is 19.0 Å². The van der Waals surface area contributed by atoms with E-state index in [2.05, 4.69) is 4.74 Å². The van der Waals surface area contributed by atoms with Gasteiger partial charge in [0.1, 0.15) is 0 Å². The van der Waals surface area contributed by atoms with E-state index in [9.17, 15) is 13.2 Å². The van der Waals surface area contributed by atoms with Crippen molar-refractivity contribution in [3.63, 3.8) is 0 Å². The third-order valence-electron chi connectivity index (χ3n) is 1.51. The lowest BCUT2D eigenvalue weighted by Gasteiger charge is -2.09. The second-order valence-electron chi connectivity index (χ2n) is 2.60. The number of hydrogen-bond acceptors (Lipinski definition) is 2. The molecule has 0 fully saturated rings. The lowest BCUT2D eigenvalue weighted by Crippen LogP contribution is -2.20. The minimum absolute atomic E-state index is 0.0122. The number of ether oxygens (including phenoxy) is 1. The van der Waals surface area contributed by atoms with Gasteiger partial charge in [-0.15, -0.1) is 13.2 Å². The van der Waals surface area contributed by atoms with E-state index in [-0.39, 0.29) is 12.6 Å². The summed E-state index contributed by atoms with van der Waals surface area (Å²) < 4.78 is 37.8. The molecule has 1 atom stereocenters. The first-order chi connectivity index (χ1) is 5.45. The molecule has 0 aliphatic rings. The number of halogens is 3. The predicted molar refractivity (Wildman–Crippen MR) is 39.5 cm³/mol. The molecule has 0 rings (SSSR count). The summed E-state index contributed by atoms with van der Waals surface area (Å²) in [5, 5.41) is 0. The minimum atomic E-state index is -4.50. The Morgan fingerprint density at radius 1 is 1.42 bits per heavy atom. The van der Waals surface area contributed by atoms with Crippen LogP contribution in [-0.2, 0) is 4.74 Å². The second-order valence-corrected chi connectivity index (χ2v) is 2.60. The highest BCUT2D eigenvalue weighted by molar-refractivity contribution is 4.57. The first kappa shape index (κ1) is 11.7. The van der Waals surface area contributed by atoms with E-state index >= 15 is 0 Å². The van der Waals surface area contributed by atoms with E-state index in [0.29, 0.717) is 12.8 Å². The van der Waals surface area contributed by atoms with Gasteiger partial charge < -0.3 is 5.73 Å². The zero-order valence-electron chi connectivity index (χ0n) is 7.03. The van der Waals surface area contributed by atoms with Crippen LogP contribution in [0.15, 0.2) is 0 Å². The summed E-state index contributed by atoms with van der Waals surface area (Å²) in [4.78, 5) is 0. The smallest absolute Gasteiger partial charge is 0.328 e. The average Bonchev–Trinajstić information content (AvgIpc) is 1.96. The molecule has 0 bridgehead atoms. The van der Waals surface area contributed by atoms with Crippen LogP contribution in [0.4, 0.5) is 13.2 Å². The lowest BCUT2D eigenvalue weighted by molar-refractivity contribution is -0.324. The van der Waals surface area contributed by atoms with Gasteiger partial charge in [-0.05, 0) is 19.3 Å². The summed E-state index contributed by atoms with van der Waals surface area (Å²) in [5.74, 6) is 0. The molecule has 0 aliphatic carbocycles. The molecule has 2 N–H and O–H groups in total. The van der Waals surface area contributed by atoms with E-state index in [0.717, 1.165) is 6.42 Å². The fraction of sp³-hybridized carbons (Fsp3) is 1.00. The summed E-state index contributed by atoms with van der Waals surface area (Å²) >= 11 is 0. The van der Waals surface area contributed by atoms with E-state index in [4.69, 9.17) is 5.73 Å². The molecule has 0 heterocycles. The Morgan fingerprint density at radius 3 is 2.42 bits per heavy atom. The topological polar surface area (TPSA) is 35.2 Å². The Kier molecular flexibility index (Phi) is 5.24. The maximum absolute atomic E-state index is 11.4. The SMILES string of the molecule is CCC(N)CCCOC(F)(F)F. The Morgan fingerprint density at radius 2 is 2.00 bits per heavy atom. The molecule has 0 aliphatic heterocycles. The van der Waals surface area contributed by atoms with E-state index in [1.165, 1.54) is 0 Å². The molecule has 0 aromatic heterocycles. The van der Waals surface area contributed by atoms with Gasteiger partial charge in [-0.3, -0.25) is 4.74 Å². The van der Waals surface area contributed by atoms with E-state index in [1.807, 2.05) is 6.92 Å². The van der Waals surface area contributed by atoms with Crippen LogP contribution >= 0.6 is 0 Å². The molecule has 0 spiro atoms. The maximum Gasteiger partial charge on any atom is 0.522 e. The third-order valence-corrected chi connectivity index (χ3v) is 1.51. The summed E-state index contributed by atoms with van der Waals surface area (Å²) in [7, 11) is 0. The Balaban J connectivity index is 3.22. The second kappa shape index (κ2) is 5.37. The molecular weight excluding hydrogens is 171 g/mol. The van der Waals surface area contributed by atoms with Gasteiger partial charge in [0.05, 0.1) is 6.61 Å². The zero-order valence-corrected chi connectivity index (χ0v) is 7.03. The summed E-state index contributed by atoms with van der Waals surface area (Å²) in [5.41, 5.74) is 5.49. The van der Waals surface area contributed by atoms with Crippen molar-refractivity contribution < 1.29 is 17.9 Å². The maximum atomic E-state index is 11.4. The van der Waals surface area contributed by atoms with Crippen LogP contribution < -0.4 is 5.73 Å². The van der Waals surface area contributed by atoms with Crippen molar-refractivity contribution in [2.24, 2.45) is 5.73 Å². The Labute approximate surface area is 69.9 Å². The standard InChI is InChI=1S/C7H14F3NO/c1-2-6(11)4-3-5-12-7(8,9)10/h6H,2-5,11H2,1H3. The molecule has 12 heavy (non-hydrogen) atoms. The molecule has 0 saturated heterocycles. The molecule has 0 radical (unpaired) electrons. The van der Waals surface area contributed by atoms with Crippen molar-refractivity contribution >= 4 is 0 Å². The quantitative estimate of drug-likeness (QED) is 0.665. The molecule has 0 amide bonds. The van der Waals surface area contributed by atoms with Crippen molar-refractivity contribution in [2.45, 2.75) is 38.6 Å². The van der Waals surface area contributed by atoms with E-state index < -0.39 is 6.36 Å². The van der Waals surface area contributed by atoms with Gasteiger partial charge in [-0.1, -0.05) is 6.92 Å². The van der Waals surface area contributed by atoms with Gasteiger partial charge in [0, 0.05) is 6.04 Å². The highest BCUT2D eigenvalue weighted by atomic mass is 19.4. The van der Waals surface area contributed by atoms with E-state index in [1.54, 1.807) is 0 Å². The van der Waals surface area contributed by atoms with Gasteiger partial charge >= 0.3 is 6.36 Å². The number of alkyl halides is 3.